The van der Waals surface area contributed by atoms with E-state index in [0.717, 1.165) is 0 Å². The molecule has 0 aliphatic heterocycles. The lowest BCUT2D eigenvalue weighted by Crippen LogP contribution is -2.34. The SMILES string of the molecule is CC(C)(C)OC(=O)NCCCNS(=O)(=O)c1cc[c]cc1. The Kier molecular flexibility index (Phi) is 6.17. The zero-order chi connectivity index (χ0) is 15.9. The number of ether oxygens (including phenoxy) is 1. The van der Waals surface area contributed by atoms with E-state index in [-0.39, 0.29) is 11.4 Å². The van der Waals surface area contributed by atoms with Crippen molar-refractivity contribution in [3.63, 3.8) is 0 Å². The number of nitrogens with one attached hydrogen (secondary N) is 2. The quantitative estimate of drug-likeness (QED) is 0.783. The van der Waals surface area contributed by atoms with E-state index in [2.05, 4.69) is 16.1 Å². The smallest absolute Gasteiger partial charge is 0.407 e. The maximum atomic E-state index is 11.9. The average Bonchev–Trinajstić information content (AvgIpc) is 2.37. The molecule has 2 N–H and O–H groups in total. The second-order valence-electron chi connectivity index (χ2n) is 5.42. The molecule has 0 aliphatic rings. The van der Waals surface area contributed by atoms with Crippen LogP contribution in [0, 0.1) is 6.07 Å². The van der Waals surface area contributed by atoms with Gasteiger partial charge in [0.15, 0.2) is 0 Å². The van der Waals surface area contributed by atoms with Crippen molar-refractivity contribution in [1.82, 2.24) is 10.0 Å². The van der Waals surface area contributed by atoms with Crippen LogP contribution in [0.5, 0.6) is 0 Å². The summed E-state index contributed by atoms with van der Waals surface area (Å²) < 4.78 is 31.3. The van der Waals surface area contributed by atoms with Crippen molar-refractivity contribution in [2.75, 3.05) is 13.1 Å². The molecule has 0 aliphatic carbocycles. The van der Waals surface area contributed by atoms with Gasteiger partial charge < -0.3 is 10.1 Å². The zero-order valence-corrected chi connectivity index (χ0v) is 13.3. The van der Waals surface area contributed by atoms with E-state index in [4.69, 9.17) is 4.74 Å². The summed E-state index contributed by atoms with van der Waals surface area (Å²) >= 11 is 0. The summed E-state index contributed by atoms with van der Waals surface area (Å²) in [4.78, 5) is 11.6. The van der Waals surface area contributed by atoms with E-state index in [1.54, 1.807) is 32.9 Å². The molecule has 0 saturated heterocycles. The van der Waals surface area contributed by atoms with Gasteiger partial charge in [-0.15, -0.1) is 0 Å². The first-order chi connectivity index (χ1) is 9.71. The monoisotopic (exact) mass is 313 g/mol. The Morgan fingerprint density at radius 3 is 2.43 bits per heavy atom. The third-order valence-corrected chi connectivity index (χ3v) is 3.79. The number of hydrogen-bond acceptors (Lipinski definition) is 4. The fourth-order valence-corrected chi connectivity index (χ4v) is 2.51. The molecule has 0 heterocycles. The maximum Gasteiger partial charge on any atom is 0.407 e. The molecule has 1 aromatic carbocycles. The molecule has 1 amide bonds. The molecule has 0 aromatic heterocycles. The van der Waals surface area contributed by atoms with E-state index >= 15 is 0 Å². The minimum atomic E-state index is -3.50. The zero-order valence-electron chi connectivity index (χ0n) is 12.5. The third kappa shape index (κ3) is 7.10. The van der Waals surface area contributed by atoms with Crippen molar-refractivity contribution in [2.45, 2.75) is 37.7 Å². The molecule has 0 fully saturated rings. The predicted octanol–water partition coefficient (Wildman–Crippen LogP) is 1.68. The number of benzene rings is 1. The first-order valence-corrected chi connectivity index (χ1v) is 8.12. The normalized spacial score (nSPS) is 12.0. The Balaban J connectivity index is 2.27. The van der Waals surface area contributed by atoms with Gasteiger partial charge in [-0.05, 0) is 45.4 Å². The van der Waals surface area contributed by atoms with Crippen LogP contribution < -0.4 is 10.0 Å². The first kappa shape index (κ1) is 17.5. The fraction of sp³-hybridized carbons (Fsp3) is 0.500. The van der Waals surface area contributed by atoms with Crippen LogP contribution in [0.4, 0.5) is 4.79 Å². The number of sulfonamides is 1. The van der Waals surface area contributed by atoms with Gasteiger partial charge in [0, 0.05) is 13.1 Å². The van der Waals surface area contributed by atoms with Crippen molar-refractivity contribution < 1.29 is 17.9 Å². The molecule has 0 saturated carbocycles. The van der Waals surface area contributed by atoms with Crippen molar-refractivity contribution in [3.05, 3.63) is 30.3 Å². The standard InChI is InChI=1S/C14H21N2O4S/c1-14(2,3)20-13(17)15-10-7-11-16-21(18,19)12-8-5-4-6-9-12/h5-6,8-9,16H,7,10-11H2,1-3H3,(H,15,17). The molecular formula is C14H21N2O4S. The summed E-state index contributed by atoms with van der Waals surface area (Å²) in [5.41, 5.74) is -0.546. The molecule has 117 valence electrons. The minimum Gasteiger partial charge on any atom is -0.444 e. The van der Waals surface area contributed by atoms with Crippen LogP contribution in [0.1, 0.15) is 27.2 Å². The summed E-state index contributed by atoms with van der Waals surface area (Å²) in [7, 11) is -3.50. The predicted molar refractivity (Wildman–Crippen MR) is 79.3 cm³/mol. The molecule has 0 unspecified atom stereocenters. The molecule has 1 aromatic rings. The minimum absolute atomic E-state index is 0.196. The molecule has 1 radical (unpaired) electrons. The maximum absolute atomic E-state index is 11.9. The van der Waals surface area contributed by atoms with Gasteiger partial charge in [0.1, 0.15) is 5.60 Å². The van der Waals surface area contributed by atoms with Crippen LogP contribution >= 0.6 is 0 Å². The lowest BCUT2D eigenvalue weighted by molar-refractivity contribution is 0.0527. The van der Waals surface area contributed by atoms with Crippen LogP contribution in [-0.2, 0) is 14.8 Å². The highest BCUT2D eigenvalue weighted by Crippen LogP contribution is 2.07. The van der Waals surface area contributed by atoms with Crippen LogP contribution in [0.15, 0.2) is 29.2 Å². The van der Waals surface area contributed by atoms with Gasteiger partial charge >= 0.3 is 6.09 Å². The van der Waals surface area contributed by atoms with E-state index in [9.17, 15) is 13.2 Å². The lowest BCUT2D eigenvalue weighted by atomic mass is 10.2. The van der Waals surface area contributed by atoms with Crippen LogP contribution in [0.3, 0.4) is 0 Å². The number of rotatable bonds is 6. The van der Waals surface area contributed by atoms with Gasteiger partial charge in [0.05, 0.1) is 4.90 Å². The molecular weight excluding hydrogens is 292 g/mol. The van der Waals surface area contributed by atoms with Gasteiger partial charge in [-0.3, -0.25) is 0 Å². The summed E-state index contributed by atoms with van der Waals surface area (Å²) in [6.45, 7) is 5.89. The molecule has 21 heavy (non-hydrogen) atoms. The number of amides is 1. The molecule has 7 heteroatoms. The van der Waals surface area contributed by atoms with Gasteiger partial charge in [0.25, 0.3) is 0 Å². The largest absolute Gasteiger partial charge is 0.444 e. The summed E-state index contributed by atoms with van der Waals surface area (Å²) in [5, 5.41) is 2.56. The molecule has 6 nitrogen and oxygen atoms in total. The van der Waals surface area contributed by atoms with Gasteiger partial charge in [0.2, 0.25) is 10.0 Å². The van der Waals surface area contributed by atoms with Crippen LogP contribution in [-0.4, -0.2) is 33.2 Å². The number of hydrogen-bond donors (Lipinski definition) is 2. The molecule has 1 rings (SSSR count). The topological polar surface area (TPSA) is 84.5 Å². The number of alkyl carbamates (subject to hydrolysis) is 1. The Labute approximate surface area is 125 Å². The highest BCUT2D eigenvalue weighted by molar-refractivity contribution is 7.89. The van der Waals surface area contributed by atoms with Gasteiger partial charge in [-0.25, -0.2) is 17.9 Å². The number of carbonyl (C=O) groups is 1. The third-order valence-electron chi connectivity index (χ3n) is 2.31. The Hall–Kier alpha value is -1.60. The fourth-order valence-electron chi connectivity index (χ4n) is 1.43. The molecule has 0 bridgehead atoms. The van der Waals surface area contributed by atoms with Crippen LogP contribution in [0.2, 0.25) is 0 Å². The highest BCUT2D eigenvalue weighted by atomic mass is 32.2. The molecule has 0 atom stereocenters. The first-order valence-electron chi connectivity index (χ1n) is 6.63. The van der Waals surface area contributed by atoms with Gasteiger partial charge in [-0.1, -0.05) is 12.1 Å². The number of carbonyl (C=O) groups excluding carboxylic acids is 1. The van der Waals surface area contributed by atoms with Crippen molar-refractivity contribution in [3.8, 4) is 0 Å². The Morgan fingerprint density at radius 1 is 1.24 bits per heavy atom. The average molecular weight is 313 g/mol. The second-order valence-corrected chi connectivity index (χ2v) is 7.18. The highest BCUT2D eigenvalue weighted by Gasteiger charge is 2.16. The van der Waals surface area contributed by atoms with E-state index in [0.29, 0.717) is 13.0 Å². The summed E-state index contributed by atoms with van der Waals surface area (Å²) in [5.74, 6) is 0. The Bertz CT molecular complexity index is 550. The Morgan fingerprint density at radius 2 is 1.86 bits per heavy atom. The summed E-state index contributed by atoms with van der Waals surface area (Å²) in [6.07, 6.45) is -0.0406. The van der Waals surface area contributed by atoms with Crippen molar-refractivity contribution in [2.24, 2.45) is 0 Å². The van der Waals surface area contributed by atoms with Gasteiger partial charge in [-0.2, -0.15) is 0 Å². The van der Waals surface area contributed by atoms with Crippen LogP contribution in [0.25, 0.3) is 0 Å². The van der Waals surface area contributed by atoms with Crippen molar-refractivity contribution >= 4 is 16.1 Å². The lowest BCUT2D eigenvalue weighted by Gasteiger charge is -2.19. The summed E-state index contributed by atoms with van der Waals surface area (Å²) in [6, 6.07) is 8.79. The second kappa shape index (κ2) is 7.42. The molecule has 0 spiro atoms. The van der Waals surface area contributed by atoms with Crippen molar-refractivity contribution in [1.29, 1.82) is 0 Å². The van der Waals surface area contributed by atoms with E-state index < -0.39 is 21.7 Å². The van der Waals surface area contributed by atoms with E-state index in [1.165, 1.54) is 12.1 Å². The van der Waals surface area contributed by atoms with E-state index in [1.807, 2.05) is 0 Å².